The topological polar surface area (TPSA) is 18.5 Å². The van der Waals surface area contributed by atoms with Crippen LogP contribution in [0.5, 0.6) is 11.5 Å². The van der Waals surface area contributed by atoms with Crippen molar-refractivity contribution in [1.29, 1.82) is 0 Å². The molecule has 0 spiro atoms. The summed E-state index contributed by atoms with van der Waals surface area (Å²) in [5, 5.41) is 1.40. The van der Waals surface area contributed by atoms with Crippen molar-refractivity contribution in [1.82, 2.24) is 0 Å². The van der Waals surface area contributed by atoms with Gasteiger partial charge in [0.1, 0.15) is 11.5 Å². The van der Waals surface area contributed by atoms with Gasteiger partial charge in [-0.15, -0.1) is 0 Å². The standard InChI is InChI=1S/C36H56Cl2O2S/c1-3-5-7-9-11-13-15-17-19-21-27-39-33-25-23-31(37)29-35(33)41-36-30-32(38)24-26-34(36)40-28-22-20-18-16-14-12-10-8-6-4-2/h23-26,29-30H,3-22,27-28H2,1-2H3. The zero-order chi connectivity index (χ0) is 29.4. The van der Waals surface area contributed by atoms with E-state index in [9.17, 15) is 0 Å². The predicted molar refractivity (Wildman–Crippen MR) is 182 cm³/mol. The summed E-state index contributed by atoms with van der Waals surface area (Å²) in [6, 6.07) is 11.7. The smallest absolute Gasteiger partial charge is 0.133 e. The lowest BCUT2D eigenvalue weighted by Gasteiger charge is -2.15. The van der Waals surface area contributed by atoms with E-state index in [2.05, 4.69) is 13.8 Å². The van der Waals surface area contributed by atoms with Gasteiger partial charge in [0.25, 0.3) is 0 Å². The predicted octanol–water partition coefficient (Wildman–Crippen LogP) is 13.7. The normalized spacial score (nSPS) is 11.2. The summed E-state index contributed by atoms with van der Waals surface area (Å²) in [6.45, 7) is 6.00. The summed E-state index contributed by atoms with van der Waals surface area (Å²) >= 11 is 14.4. The summed E-state index contributed by atoms with van der Waals surface area (Å²) in [5.74, 6) is 1.74. The van der Waals surface area contributed by atoms with Crippen molar-refractivity contribution in [2.75, 3.05) is 13.2 Å². The van der Waals surface area contributed by atoms with Crippen molar-refractivity contribution in [2.24, 2.45) is 0 Å². The number of halogens is 2. The van der Waals surface area contributed by atoms with Gasteiger partial charge in [0, 0.05) is 10.0 Å². The van der Waals surface area contributed by atoms with Gasteiger partial charge in [-0.3, -0.25) is 0 Å². The van der Waals surface area contributed by atoms with Crippen LogP contribution in [-0.2, 0) is 0 Å². The molecule has 41 heavy (non-hydrogen) atoms. The van der Waals surface area contributed by atoms with E-state index in [-0.39, 0.29) is 0 Å². The maximum absolute atomic E-state index is 6.39. The van der Waals surface area contributed by atoms with Gasteiger partial charge in [-0.1, -0.05) is 164 Å². The molecule has 0 atom stereocenters. The van der Waals surface area contributed by atoms with Crippen molar-refractivity contribution >= 4 is 35.0 Å². The van der Waals surface area contributed by atoms with Crippen LogP contribution in [0.15, 0.2) is 46.2 Å². The van der Waals surface area contributed by atoms with Crippen molar-refractivity contribution in [3.8, 4) is 11.5 Å². The monoisotopic (exact) mass is 622 g/mol. The molecule has 0 N–H and O–H groups in total. The molecule has 5 heteroatoms. The average molecular weight is 624 g/mol. The lowest BCUT2D eigenvalue weighted by atomic mass is 10.1. The molecule has 0 bridgehead atoms. The second-order valence-electron chi connectivity index (χ2n) is 11.3. The number of benzene rings is 2. The Morgan fingerprint density at radius 3 is 1.12 bits per heavy atom. The third-order valence-electron chi connectivity index (χ3n) is 7.54. The van der Waals surface area contributed by atoms with Crippen LogP contribution in [-0.4, -0.2) is 13.2 Å². The Bertz CT molecular complexity index is 847. The number of hydrogen-bond donors (Lipinski definition) is 0. The first-order chi connectivity index (χ1) is 20.1. The lowest BCUT2D eigenvalue weighted by molar-refractivity contribution is 0.296. The van der Waals surface area contributed by atoms with Gasteiger partial charge >= 0.3 is 0 Å². The fourth-order valence-electron chi connectivity index (χ4n) is 5.02. The Morgan fingerprint density at radius 1 is 0.463 bits per heavy atom. The van der Waals surface area contributed by atoms with Crippen LogP contribution in [0.25, 0.3) is 0 Å². The molecule has 2 aromatic rings. The Balaban J connectivity index is 1.74. The van der Waals surface area contributed by atoms with E-state index < -0.39 is 0 Å². The molecule has 2 rings (SSSR count). The quantitative estimate of drug-likeness (QED) is 0.0972. The third kappa shape index (κ3) is 17.6. The minimum Gasteiger partial charge on any atom is -0.492 e. The molecule has 0 fully saturated rings. The molecule has 0 heterocycles. The number of rotatable bonds is 26. The van der Waals surface area contributed by atoms with Gasteiger partial charge in [-0.05, 0) is 49.2 Å². The first-order valence-corrected chi connectivity index (χ1v) is 18.2. The fraction of sp³-hybridized carbons (Fsp3) is 0.667. The Labute approximate surface area is 266 Å². The Kier molecular flexibility index (Phi) is 21.5. The fourth-order valence-corrected chi connectivity index (χ4v) is 6.56. The van der Waals surface area contributed by atoms with Crippen molar-refractivity contribution < 1.29 is 9.47 Å². The Morgan fingerprint density at radius 2 is 0.780 bits per heavy atom. The largest absolute Gasteiger partial charge is 0.492 e. The van der Waals surface area contributed by atoms with Gasteiger partial charge < -0.3 is 9.47 Å². The molecule has 0 amide bonds. The highest BCUT2D eigenvalue weighted by molar-refractivity contribution is 7.99. The van der Waals surface area contributed by atoms with Crippen LogP contribution in [0.3, 0.4) is 0 Å². The summed E-state index contributed by atoms with van der Waals surface area (Å²) in [4.78, 5) is 1.99. The lowest BCUT2D eigenvalue weighted by Crippen LogP contribution is -2.00. The summed E-state index contributed by atoms with van der Waals surface area (Å²) in [6.07, 6.45) is 26.3. The minimum absolute atomic E-state index is 0.702. The first-order valence-electron chi connectivity index (χ1n) is 16.7. The molecule has 0 aliphatic carbocycles. The molecule has 0 aliphatic heterocycles. The molecule has 0 aliphatic rings. The van der Waals surface area contributed by atoms with Crippen LogP contribution in [0.1, 0.15) is 142 Å². The molecular formula is C36H56Cl2O2S. The molecule has 0 radical (unpaired) electrons. The van der Waals surface area contributed by atoms with Crippen molar-refractivity contribution in [3.63, 3.8) is 0 Å². The van der Waals surface area contributed by atoms with Gasteiger partial charge in [0.2, 0.25) is 0 Å². The summed E-state index contributed by atoms with van der Waals surface area (Å²) in [7, 11) is 0. The highest BCUT2D eigenvalue weighted by atomic mass is 35.5. The molecule has 232 valence electrons. The van der Waals surface area contributed by atoms with Crippen molar-refractivity contribution in [3.05, 3.63) is 46.4 Å². The van der Waals surface area contributed by atoms with Crippen LogP contribution >= 0.6 is 35.0 Å². The van der Waals surface area contributed by atoms with E-state index >= 15 is 0 Å². The third-order valence-corrected chi connectivity index (χ3v) is 9.09. The second-order valence-corrected chi connectivity index (χ2v) is 13.3. The van der Waals surface area contributed by atoms with E-state index in [1.54, 1.807) is 11.8 Å². The molecule has 0 unspecified atom stereocenters. The Hall–Kier alpha value is -1.03. The van der Waals surface area contributed by atoms with Crippen LogP contribution in [0, 0.1) is 0 Å². The molecule has 0 saturated carbocycles. The molecule has 2 aromatic carbocycles. The summed E-state index contributed by atoms with van der Waals surface area (Å²) < 4.78 is 12.5. The van der Waals surface area contributed by atoms with E-state index in [1.165, 1.54) is 116 Å². The SMILES string of the molecule is CCCCCCCCCCCCOc1ccc(Cl)cc1Sc1cc(Cl)ccc1OCCCCCCCCCCCC. The highest BCUT2D eigenvalue weighted by Crippen LogP contribution is 2.42. The first kappa shape index (κ1) is 36.2. The average Bonchev–Trinajstić information content (AvgIpc) is 2.96. The molecule has 0 aromatic heterocycles. The minimum atomic E-state index is 0.702. The van der Waals surface area contributed by atoms with E-state index in [4.69, 9.17) is 32.7 Å². The molecular weight excluding hydrogens is 567 g/mol. The van der Waals surface area contributed by atoms with E-state index in [0.717, 1.165) is 47.3 Å². The van der Waals surface area contributed by atoms with E-state index in [1.807, 2.05) is 36.4 Å². The summed E-state index contributed by atoms with van der Waals surface area (Å²) in [5.41, 5.74) is 0. The maximum atomic E-state index is 6.39. The van der Waals surface area contributed by atoms with Crippen molar-refractivity contribution in [2.45, 2.75) is 152 Å². The van der Waals surface area contributed by atoms with Gasteiger partial charge in [0.15, 0.2) is 0 Å². The number of hydrogen-bond acceptors (Lipinski definition) is 3. The van der Waals surface area contributed by atoms with Crippen LogP contribution < -0.4 is 9.47 Å². The molecule has 0 saturated heterocycles. The van der Waals surface area contributed by atoms with Gasteiger partial charge in [-0.2, -0.15) is 0 Å². The van der Waals surface area contributed by atoms with Gasteiger partial charge in [-0.25, -0.2) is 0 Å². The molecule has 2 nitrogen and oxygen atoms in total. The zero-order valence-electron chi connectivity index (χ0n) is 26.0. The zero-order valence-corrected chi connectivity index (χ0v) is 28.3. The number of unbranched alkanes of at least 4 members (excludes halogenated alkanes) is 18. The van der Waals surface area contributed by atoms with Crippen LogP contribution in [0.2, 0.25) is 10.0 Å². The highest BCUT2D eigenvalue weighted by Gasteiger charge is 2.12. The van der Waals surface area contributed by atoms with Crippen LogP contribution in [0.4, 0.5) is 0 Å². The van der Waals surface area contributed by atoms with E-state index in [0.29, 0.717) is 10.0 Å². The second kappa shape index (κ2) is 24.4. The number of ether oxygens (including phenoxy) is 2. The van der Waals surface area contributed by atoms with Gasteiger partial charge in [0.05, 0.1) is 23.0 Å². The maximum Gasteiger partial charge on any atom is 0.133 e.